The Labute approximate surface area is 136 Å². The van der Waals surface area contributed by atoms with E-state index in [4.69, 9.17) is 0 Å². The van der Waals surface area contributed by atoms with Crippen molar-refractivity contribution in [3.8, 4) is 0 Å². The highest BCUT2D eigenvalue weighted by atomic mass is 16.4. The van der Waals surface area contributed by atoms with Gasteiger partial charge in [0.15, 0.2) is 0 Å². The van der Waals surface area contributed by atoms with Crippen LogP contribution >= 0.6 is 0 Å². The fourth-order valence-corrected chi connectivity index (χ4v) is 2.62. The van der Waals surface area contributed by atoms with Crippen LogP contribution < -0.4 is 4.90 Å². The van der Waals surface area contributed by atoms with E-state index >= 15 is 0 Å². The maximum atomic E-state index is 9.58. The number of nitrogens with zero attached hydrogens (tertiary/aromatic N) is 2. The van der Waals surface area contributed by atoms with Crippen molar-refractivity contribution in [3.63, 3.8) is 0 Å². The minimum Gasteiger partial charge on any atom is -0.410 e. The molecule has 0 atom stereocenters. The Hall–Kier alpha value is -3.07. The van der Waals surface area contributed by atoms with Crippen molar-refractivity contribution >= 4 is 17.1 Å². The first kappa shape index (κ1) is 14.9. The topological polar surface area (TPSA) is 35.8 Å². The maximum absolute atomic E-state index is 9.58. The largest absolute Gasteiger partial charge is 0.410 e. The van der Waals surface area contributed by atoms with Gasteiger partial charge >= 0.3 is 0 Å². The van der Waals surface area contributed by atoms with Gasteiger partial charge in [0, 0.05) is 23.9 Å². The lowest BCUT2D eigenvalue weighted by molar-refractivity contribution is 0.319. The minimum absolute atomic E-state index is 0.559. The van der Waals surface area contributed by atoms with Crippen LogP contribution in [-0.2, 0) is 0 Å². The SMILES string of the molecule is CN(c1ccccc1)c1ccccc1/C(=N/O)c1ccccc1. The van der Waals surface area contributed by atoms with Crippen molar-refractivity contribution in [2.45, 2.75) is 0 Å². The summed E-state index contributed by atoms with van der Waals surface area (Å²) in [5.74, 6) is 0. The van der Waals surface area contributed by atoms with Crippen molar-refractivity contribution in [2.75, 3.05) is 11.9 Å². The zero-order chi connectivity index (χ0) is 16.1. The highest BCUT2D eigenvalue weighted by Gasteiger charge is 2.15. The first-order valence-electron chi connectivity index (χ1n) is 7.47. The van der Waals surface area contributed by atoms with Crippen LogP contribution in [0.4, 0.5) is 11.4 Å². The molecular formula is C20H18N2O. The van der Waals surface area contributed by atoms with E-state index in [1.807, 2.05) is 79.8 Å². The summed E-state index contributed by atoms with van der Waals surface area (Å²) < 4.78 is 0. The number of benzene rings is 3. The van der Waals surface area contributed by atoms with Crippen LogP contribution in [-0.4, -0.2) is 18.0 Å². The second-order valence-corrected chi connectivity index (χ2v) is 5.23. The number of para-hydroxylation sites is 2. The Morgan fingerprint density at radius 2 is 1.35 bits per heavy atom. The van der Waals surface area contributed by atoms with Gasteiger partial charge in [-0.05, 0) is 18.2 Å². The van der Waals surface area contributed by atoms with Gasteiger partial charge in [-0.3, -0.25) is 0 Å². The normalized spacial score (nSPS) is 11.3. The Morgan fingerprint density at radius 3 is 2.00 bits per heavy atom. The minimum atomic E-state index is 0.559. The first-order valence-corrected chi connectivity index (χ1v) is 7.47. The van der Waals surface area contributed by atoms with Crippen LogP contribution in [0.5, 0.6) is 0 Å². The lowest BCUT2D eigenvalue weighted by Crippen LogP contribution is -2.15. The van der Waals surface area contributed by atoms with Gasteiger partial charge in [0.25, 0.3) is 0 Å². The Morgan fingerprint density at radius 1 is 0.783 bits per heavy atom. The summed E-state index contributed by atoms with van der Waals surface area (Å²) >= 11 is 0. The van der Waals surface area contributed by atoms with Crippen molar-refractivity contribution in [2.24, 2.45) is 5.16 Å². The van der Waals surface area contributed by atoms with Gasteiger partial charge in [0.1, 0.15) is 5.71 Å². The molecule has 1 N–H and O–H groups in total. The third-order valence-electron chi connectivity index (χ3n) is 3.81. The van der Waals surface area contributed by atoms with E-state index in [1.54, 1.807) is 0 Å². The summed E-state index contributed by atoms with van der Waals surface area (Å²) in [5, 5.41) is 13.1. The molecule has 0 aliphatic rings. The zero-order valence-corrected chi connectivity index (χ0v) is 12.9. The summed E-state index contributed by atoms with van der Waals surface area (Å²) in [6.07, 6.45) is 0. The molecule has 0 aliphatic carbocycles. The molecule has 3 nitrogen and oxygen atoms in total. The van der Waals surface area contributed by atoms with E-state index in [9.17, 15) is 5.21 Å². The molecule has 3 rings (SSSR count). The number of oxime groups is 1. The van der Waals surface area contributed by atoms with Crippen LogP contribution in [0.3, 0.4) is 0 Å². The molecule has 0 amide bonds. The molecule has 0 heterocycles. The zero-order valence-electron chi connectivity index (χ0n) is 12.9. The molecule has 3 heteroatoms. The smallest absolute Gasteiger partial charge is 0.119 e. The average Bonchev–Trinajstić information content (AvgIpc) is 2.64. The summed E-state index contributed by atoms with van der Waals surface area (Å²) in [7, 11) is 2.01. The summed E-state index contributed by atoms with van der Waals surface area (Å²) in [6.45, 7) is 0. The van der Waals surface area contributed by atoms with Crippen LogP contribution in [0, 0.1) is 0 Å². The fourth-order valence-electron chi connectivity index (χ4n) is 2.62. The molecule has 0 aliphatic heterocycles. The molecular weight excluding hydrogens is 284 g/mol. The van der Waals surface area contributed by atoms with Crippen molar-refractivity contribution < 1.29 is 5.21 Å². The highest BCUT2D eigenvalue weighted by Crippen LogP contribution is 2.28. The molecule has 0 spiro atoms. The Bertz CT molecular complexity index is 798. The van der Waals surface area contributed by atoms with E-state index in [-0.39, 0.29) is 0 Å². The van der Waals surface area contributed by atoms with Crippen molar-refractivity contribution in [1.82, 2.24) is 0 Å². The van der Waals surface area contributed by atoms with Gasteiger partial charge in [-0.15, -0.1) is 0 Å². The summed E-state index contributed by atoms with van der Waals surface area (Å²) in [5.41, 5.74) is 4.38. The molecule has 0 saturated carbocycles. The number of rotatable bonds is 4. The number of anilines is 2. The third kappa shape index (κ3) is 3.09. The van der Waals surface area contributed by atoms with E-state index in [0.717, 1.165) is 22.5 Å². The molecule has 114 valence electrons. The molecule has 0 bridgehead atoms. The second kappa shape index (κ2) is 6.79. The number of hydrogen-bond donors (Lipinski definition) is 1. The molecule has 3 aromatic rings. The molecule has 0 unspecified atom stereocenters. The highest BCUT2D eigenvalue weighted by molar-refractivity contribution is 6.16. The van der Waals surface area contributed by atoms with Crippen LogP contribution in [0.15, 0.2) is 90.1 Å². The predicted molar refractivity (Wildman–Crippen MR) is 94.8 cm³/mol. The van der Waals surface area contributed by atoms with E-state index in [0.29, 0.717) is 5.71 Å². The number of hydrogen-bond acceptors (Lipinski definition) is 3. The maximum Gasteiger partial charge on any atom is 0.119 e. The molecule has 0 fully saturated rings. The van der Waals surface area contributed by atoms with Gasteiger partial charge in [0.05, 0.1) is 5.69 Å². The van der Waals surface area contributed by atoms with Crippen molar-refractivity contribution in [1.29, 1.82) is 0 Å². The Balaban J connectivity index is 2.08. The predicted octanol–water partition coefficient (Wildman–Crippen LogP) is 4.68. The van der Waals surface area contributed by atoms with Gasteiger partial charge in [-0.1, -0.05) is 71.9 Å². The van der Waals surface area contributed by atoms with Gasteiger partial charge in [-0.2, -0.15) is 0 Å². The fraction of sp³-hybridized carbons (Fsp3) is 0.0500. The third-order valence-corrected chi connectivity index (χ3v) is 3.81. The summed E-state index contributed by atoms with van der Waals surface area (Å²) in [6, 6.07) is 27.7. The monoisotopic (exact) mass is 302 g/mol. The lowest BCUT2D eigenvalue weighted by Gasteiger charge is -2.23. The van der Waals surface area contributed by atoms with Crippen molar-refractivity contribution in [3.05, 3.63) is 96.1 Å². The van der Waals surface area contributed by atoms with Crippen LogP contribution in [0.1, 0.15) is 11.1 Å². The van der Waals surface area contributed by atoms with Gasteiger partial charge in [0.2, 0.25) is 0 Å². The van der Waals surface area contributed by atoms with Crippen LogP contribution in [0.25, 0.3) is 0 Å². The lowest BCUT2D eigenvalue weighted by atomic mass is 10.00. The molecule has 0 saturated heterocycles. The van der Waals surface area contributed by atoms with E-state index in [1.165, 1.54) is 0 Å². The quantitative estimate of drug-likeness (QED) is 0.431. The Kier molecular flexibility index (Phi) is 4.39. The standard InChI is InChI=1S/C20H18N2O/c1-22(17-12-6-3-7-13-17)19-15-9-8-14-18(19)20(21-23)16-10-4-2-5-11-16/h2-15,23H,1H3/b21-20+. The molecule has 23 heavy (non-hydrogen) atoms. The van der Waals surface area contributed by atoms with Gasteiger partial charge in [-0.25, -0.2) is 0 Å². The first-order chi connectivity index (χ1) is 11.3. The average molecular weight is 302 g/mol. The summed E-state index contributed by atoms with van der Waals surface area (Å²) in [4.78, 5) is 2.09. The van der Waals surface area contributed by atoms with Crippen LogP contribution in [0.2, 0.25) is 0 Å². The molecule has 3 aromatic carbocycles. The molecule has 0 radical (unpaired) electrons. The molecule has 0 aromatic heterocycles. The van der Waals surface area contributed by atoms with Gasteiger partial charge < -0.3 is 10.1 Å². The van der Waals surface area contributed by atoms with E-state index in [2.05, 4.69) is 22.2 Å². The second-order valence-electron chi connectivity index (χ2n) is 5.23. The van der Waals surface area contributed by atoms with E-state index < -0.39 is 0 Å².